The average molecular weight is 337 g/mol. The van der Waals surface area contributed by atoms with E-state index in [2.05, 4.69) is 4.98 Å². The van der Waals surface area contributed by atoms with Gasteiger partial charge in [0.25, 0.3) is 0 Å². The van der Waals surface area contributed by atoms with E-state index in [-0.39, 0.29) is 6.23 Å². The van der Waals surface area contributed by atoms with Gasteiger partial charge in [-0.2, -0.15) is 0 Å². The van der Waals surface area contributed by atoms with Crippen LogP contribution in [-0.4, -0.2) is 28.7 Å². The van der Waals surface area contributed by atoms with Crippen molar-refractivity contribution in [2.45, 2.75) is 33.9 Å². The monoisotopic (exact) mass is 336 g/mol. The number of hydrogen-bond acceptors (Lipinski definition) is 4. The molecule has 1 aromatic heterocycles. The number of aromatic nitrogens is 2. The number of benzene rings is 1. The first-order chi connectivity index (χ1) is 11.0. The molecule has 6 heteroatoms. The smallest absolute Gasteiger partial charge is 0.356 e. The summed E-state index contributed by atoms with van der Waals surface area (Å²) in [6.45, 7) is 8.14. The van der Waals surface area contributed by atoms with Gasteiger partial charge in [0.2, 0.25) is 0 Å². The lowest BCUT2D eigenvalue weighted by Gasteiger charge is -2.19. The number of aryl methyl sites for hydroxylation is 1. The summed E-state index contributed by atoms with van der Waals surface area (Å²) in [4.78, 5) is 16.9. The number of nitrogens with zero attached hydrogens (tertiary/aromatic N) is 2. The van der Waals surface area contributed by atoms with Gasteiger partial charge in [-0.3, -0.25) is 4.57 Å². The molecule has 0 radical (unpaired) electrons. The van der Waals surface area contributed by atoms with Gasteiger partial charge in [0.1, 0.15) is 12.1 Å². The van der Waals surface area contributed by atoms with Crippen LogP contribution >= 0.6 is 11.6 Å². The molecule has 1 atom stereocenters. The first-order valence-electron chi connectivity index (χ1n) is 7.63. The summed E-state index contributed by atoms with van der Waals surface area (Å²) >= 11 is 6.30. The Hall–Kier alpha value is -1.85. The summed E-state index contributed by atoms with van der Waals surface area (Å²) in [6.07, 6.45) is -0.369. The second-order valence-corrected chi connectivity index (χ2v) is 5.40. The first-order valence-corrected chi connectivity index (χ1v) is 8.01. The topological polar surface area (TPSA) is 53.3 Å². The third kappa shape index (κ3) is 3.57. The van der Waals surface area contributed by atoms with E-state index in [0.29, 0.717) is 35.4 Å². The highest BCUT2D eigenvalue weighted by atomic mass is 35.5. The van der Waals surface area contributed by atoms with Crippen molar-refractivity contribution in [2.24, 2.45) is 0 Å². The maximum atomic E-state index is 12.4. The number of imidazole rings is 1. The zero-order chi connectivity index (χ0) is 17.0. The van der Waals surface area contributed by atoms with Gasteiger partial charge < -0.3 is 9.47 Å². The van der Waals surface area contributed by atoms with Crippen LogP contribution in [0.5, 0.6) is 0 Å². The summed E-state index contributed by atoms with van der Waals surface area (Å²) < 4.78 is 12.6. The fourth-order valence-electron chi connectivity index (χ4n) is 2.49. The normalized spacial score (nSPS) is 12.2. The van der Waals surface area contributed by atoms with Crippen molar-refractivity contribution < 1.29 is 14.3 Å². The molecule has 5 nitrogen and oxygen atoms in total. The van der Waals surface area contributed by atoms with Crippen LogP contribution in [0.1, 0.15) is 43.2 Å². The number of carbonyl (C=O) groups is 1. The lowest BCUT2D eigenvalue weighted by atomic mass is 10.2. The van der Waals surface area contributed by atoms with Gasteiger partial charge in [-0.05, 0) is 39.8 Å². The lowest BCUT2D eigenvalue weighted by Crippen LogP contribution is -2.19. The van der Waals surface area contributed by atoms with Gasteiger partial charge in [0.05, 0.1) is 17.3 Å². The molecular formula is C17H21ClN2O3. The molecule has 0 amide bonds. The number of rotatable bonds is 6. The molecule has 1 unspecified atom stereocenters. The predicted octanol–water partition coefficient (Wildman–Crippen LogP) is 4.24. The molecule has 0 saturated carbocycles. The van der Waals surface area contributed by atoms with E-state index in [9.17, 15) is 4.79 Å². The van der Waals surface area contributed by atoms with Crippen LogP contribution in [0.2, 0.25) is 5.02 Å². The number of esters is 1. The van der Waals surface area contributed by atoms with Crippen molar-refractivity contribution in [1.82, 2.24) is 9.55 Å². The number of hydrogen-bond donors (Lipinski definition) is 0. The standard InChI is InChI=1S/C17H21ClN2O3/c1-5-22-12(4)20-15(17(21)23-6-2)11(3)19-16(20)13-9-7-8-10-14(13)18/h7-10,12H,5-6H2,1-4H3. The number of halogens is 1. The molecule has 1 heterocycles. The summed E-state index contributed by atoms with van der Waals surface area (Å²) in [6, 6.07) is 7.39. The molecular weight excluding hydrogens is 316 g/mol. The Balaban J connectivity index is 2.65. The fourth-order valence-corrected chi connectivity index (χ4v) is 2.71. The van der Waals surface area contributed by atoms with Crippen LogP contribution < -0.4 is 0 Å². The Morgan fingerprint density at radius 1 is 1.30 bits per heavy atom. The van der Waals surface area contributed by atoms with Crippen LogP contribution in [-0.2, 0) is 9.47 Å². The van der Waals surface area contributed by atoms with Gasteiger partial charge in [0.15, 0.2) is 5.69 Å². The Bertz CT molecular complexity index is 697. The van der Waals surface area contributed by atoms with Gasteiger partial charge in [-0.1, -0.05) is 23.7 Å². The van der Waals surface area contributed by atoms with E-state index in [0.717, 1.165) is 5.56 Å². The van der Waals surface area contributed by atoms with E-state index >= 15 is 0 Å². The van der Waals surface area contributed by atoms with Crippen LogP contribution in [0.4, 0.5) is 0 Å². The Morgan fingerprint density at radius 2 is 2.00 bits per heavy atom. The fraction of sp³-hybridized carbons (Fsp3) is 0.412. The maximum Gasteiger partial charge on any atom is 0.356 e. The summed E-state index contributed by atoms with van der Waals surface area (Å²) in [5, 5.41) is 0.567. The Labute approximate surface area is 141 Å². The SMILES string of the molecule is CCOC(=O)c1c(C)nc(-c2ccccc2Cl)n1C(C)OCC. The predicted molar refractivity (Wildman–Crippen MR) is 89.7 cm³/mol. The third-order valence-electron chi connectivity index (χ3n) is 3.44. The molecule has 0 saturated heterocycles. The lowest BCUT2D eigenvalue weighted by molar-refractivity contribution is 0.0195. The molecule has 0 N–H and O–H groups in total. The highest BCUT2D eigenvalue weighted by molar-refractivity contribution is 6.33. The van der Waals surface area contributed by atoms with E-state index < -0.39 is 5.97 Å². The van der Waals surface area contributed by atoms with Crippen LogP contribution in [0.3, 0.4) is 0 Å². The molecule has 2 rings (SSSR count). The molecule has 124 valence electrons. The highest BCUT2D eigenvalue weighted by Crippen LogP contribution is 2.31. The minimum Gasteiger partial charge on any atom is -0.461 e. The molecule has 0 fully saturated rings. The van der Waals surface area contributed by atoms with Gasteiger partial charge >= 0.3 is 5.97 Å². The van der Waals surface area contributed by atoms with E-state index in [4.69, 9.17) is 21.1 Å². The molecule has 0 bridgehead atoms. The zero-order valence-corrected chi connectivity index (χ0v) is 14.6. The second kappa shape index (κ2) is 7.62. The molecule has 0 aliphatic heterocycles. The maximum absolute atomic E-state index is 12.4. The highest BCUT2D eigenvalue weighted by Gasteiger charge is 2.26. The molecule has 2 aromatic rings. The van der Waals surface area contributed by atoms with Gasteiger partial charge in [-0.15, -0.1) is 0 Å². The van der Waals surface area contributed by atoms with E-state index in [1.165, 1.54) is 0 Å². The number of ether oxygens (including phenoxy) is 2. The van der Waals surface area contributed by atoms with Gasteiger partial charge in [-0.25, -0.2) is 9.78 Å². The van der Waals surface area contributed by atoms with Crippen molar-refractivity contribution in [2.75, 3.05) is 13.2 Å². The molecule has 0 aliphatic carbocycles. The second-order valence-electron chi connectivity index (χ2n) is 4.99. The third-order valence-corrected chi connectivity index (χ3v) is 3.77. The molecule has 0 spiro atoms. The van der Waals surface area contributed by atoms with Crippen LogP contribution in [0, 0.1) is 6.92 Å². The van der Waals surface area contributed by atoms with Gasteiger partial charge in [0, 0.05) is 12.2 Å². The Morgan fingerprint density at radius 3 is 2.61 bits per heavy atom. The summed E-state index contributed by atoms with van der Waals surface area (Å²) in [5.74, 6) is 0.180. The molecule has 0 aliphatic rings. The minimum absolute atomic E-state index is 0.299. The largest absolute Gasteiger partial charge is 0.461 e. The Kier molecular flexibility index (Phi) is 5.80. The van der Waals surface area contributed by atoms with Crippen molar-refractivity contribution in [3.8, 4) is 11.4 Å². The quantitative estimate of drug-likeness (QED) is 0.740. The first kappa shape index (κ1) is 17.5. The average Bonchev–Trinajstić information content (AvgIpc) is 2.85. The number of carbonyl (C=O) groups excluding carboxylic acids is 1. The zero-order valence-electron chi connectivity index (χ0n) is 13.8. The molecule has 23 heavy (non-hydrogen) atoms. The van der Waals surface area contributed by atoms with Crippen LogP contribution in [0.25, 0.3) is 11.4 Å². The summed E-state index contributed by atoms with van der Waals surface area (Å²) in [5.41, 5.74) is 1.73. The van der Waals surface area contributed by atoms with Crippen molar-refractivity contribution in [3.63, 3.8) is 0 Å². The van der Waals surface area contributed by atoms with Crippen LogP contribution in [0.15, 0.2) is 24.3 Å². The summed E-state index contributed by atoms with van der Waals surface area (Å²) in [7, 11) is 0. The minimum atomic E-state index is -0.414. The van der Waals surface area contributed by atoms with E-state index in [1.54, 1.807) is 24.5 Å². The van der Waals surface area contributed by atoms with Crippen molar-refractivity contribution in [1.29, 1.82) is 0 Å². The van der Waals surface area contributed by atoms with Crippen molar-refractivity contribution in [3.05, 3.63) is 40.7 Å². The molecule has 1 aromatic carbocycles. The van der Waals surface area contributed by atoms with Crippen molar-refractivity contribution >= 4 is 17.6 Å². The van der Waals surface area contributed by atoms with E-state index in [1.807, 2.05) is 32.0 Å².